The summed E-state index contributed by atoms with van der Waals surface area (Å²) in [6.07, 6.45) is 2.80. The summed E-state index contributed by atoms with van der Waals surface area (Å²) in [6, 6.07) is 0. The van der Waals surface area contributed by atoms with E-state index in [2.05, 4.69) is 6.92 Å². The first-order valence-corrected chi connectivity index (χ1v) is 4.08. The average molecular weight is 340 g/mol. The molecule has 0 spiro atoms. The molecule has 0 saturated heterocycles. The molecule has 0 unspecified atom stereocenters. The van der Waals surface area contributed by atoms with Gasteiger partial charge in [0.15, 0.2) is 0 Å². The Balaban J connectivity index is -0.0000000267. The minimum absolute atomic E-state index is 0. The fourth-order valence-corrected chi connectivity index (χ4v) is 1.19. The predicted octanol–water partition coefficient (Wildman–Crippen LogP) is 0.342. The van der Waals surface area contributed by atoms with Crippen molar-refractivity contribution in [2.45, 2.75) is 24.2 Å². The molecule has 53 valence electrons. The van der Waals surface area contributed by atoms with Crippen LogP contribution >= 0.6 is 24.0 Å². The molecule has 0 amide bonds. The Kier molecular flexibility index (Phi) is 67.3. The second kappa shape index (κ2) is 23.7. The molecular formula is C4H14IO2Sn. The molecule has 0 rings (SSSR count). The summed E-state index contributed by atoms with van der Waals surface area (Å²) in [5.74, 6) is 0. The van der Waals surface area contributed by atoms with Gasteiger partial charge in [0.05, 0.1) is 0 Å². The van der Waals surface area contributed by atoms with Crippen molar-refractivity contribution in [2.24, 2.45) is 0 Å². The minimum atomic E-state index is 0. The van der Waals surface area contributed by atoms with E-state index < -0.39 is 0 Å². The summed E-state index contributed by atoms with van der Waals surface area (Å²) < 4.78 is 1.43. The number of hydrogen-bond acceptors (Lipinski definition) is 0. The van der Waals surface area contributed by atoms with Crippen molar-refractivity contribution >= 4 is 46.5 Å². The average Bonchev–Trinajstić information content (AvgIpc) is 1.41. The minimum Gasteiger partial charge on any atom is -0.412 e. The first-order chi connectivity index (χ1) is 2.41. The third kappa shape index (κ3) is 26.0. The van der Waals surface area contributed by atoms with Crippen LogP contribution in [0.1, 0.15) is 19.8 Å². The second-order valence-corrected chi connectivity index (χ2v) is 2.53. The molecule has 8 heavy (non-hydrogen) atoms. The maximum atomic E-state index is 2.23. The fourth-order valence-electron chi connectivity index (χ4n) is 0.177. The summed E-state index contributed by atoms with van der Waals surface area (Å²) >= 11 is 1.68. The fraction of sp³-hybridized carbons (Fsp3) is 1.00. The summed E-state index contributed by atoms with van der Waals surface area (Å²) in [6.45, 7) is 2.23. The van der Waals surface area contributed by atoms with Gasteiger partial charge in [-0.25, -0.2) is 0 Å². The zero-order valence-corrected chi connectivity index (χ0v) is 10.2. The predicted molar refractivity (Wildman–Crippen MR) is 48.1 cm³/mol. The summed E-state index contributed by atoms with van der Waals surface area (Å²) in [4.78, 5) is 0. The molecule has 0 aromatic heterocycles. The van der Waals surface area contributed by atoms with Gasteiger partial charge in [0.2, 0.25) is 0 Å². The Bertz CT molecular complexity index is 21.5. The van der Waals surface area contributed by atoms with Gasteiger partial charge in [-0.2, -0.15) is 0 Å². The van der Waals surface area contributed by atoms with Crippen LogP contribution in [-0.4, -0.2) is 33.5 Å². The molecule has 0 atom stereocenters. The SMILES string of the molecule is CCC[CH2][Sn].I.O.O. The number of rotatable bonds is 2. The number of unbranched alkanes of at least 4 members (excludes halogenated alkanes) is 1. The van der Waals surface area contributed by atoms with Crippen LogP contribution in [0.5, 0.6) is 0 Å². The molecule has 3 radical (unpaired) electrons. The molecule has 0 bridgehead atoms. The van der Waals surface area contributed by atoms with Crippen molar-refractivity contribution in [3.63, 3.8) is 0 Å². The zero-order valence-electron chi connectivity index (χ0n) is 5.03. The maximum Gasteiger partial charge on any atom is -0.107 e. The Morgan fingerprint density at radius 2 is 1.62 bits per heavy atom. The van der Waals surface area contributed by atoms with E-state index in [9.17, 15) is 0 Å². The van der Waals surface area contributed by atoms with Gasteiger partial charge in [-0.1, -0.05) is 0 Å². The molecule has 0 aromatic rings. The van der Waals surface area contributed by atoms with Crippen LogP contribution in [0.4, 0.5) is 0 Å². The standard InChI is InChI=1S/C4H9.HI.2H2O.Sn/c1-3-4-2;;;;/h1,3-4H2,2H3;1H;2*1H2;. The van der Waals surface area contributed by atoms with Crippen molar-refractivity contribution in [1.29, 1.82) is 0 Å². The van der Waals surface area contributed by atoms with E-state index in [0.717, 1.165) is 0 Å². The molecule has 0 fully saturated rings. The maximum absolute atomic E-state index is 2.23. The molecular weight excluding hydrogens is 326 g/mol. The Hall–Kier alpha value is 1.45. The van der Waals surface area contributed by atoms with Crippen LogP contribution in [0, 0.1) is 0 Å². The van der Waals surface area contributed by atoms with Crippen molar-refractivity contribution in [2.75, 3.05) is 0 Å². The van der Waals surface area contributed by atoms with E-state index in [1.807, 2.05) is 0 Å². The van der Waals surface area contributed by atoms with Gasteiger partial charge in [-0.15, -0.1) is 24.0 Å². The summed E-state index contributed by atoms with van der Waals surface area (Å²) in [7, 11) is 0. The van der Waals surface area contributed by atoms with Gasteiger partial charge in [0.1, 0.15) is 0 Å². The molecule has 0 heterocycles. The molecule has 0 aliphatic heterocycles. The van der Waals surface area contributed by atoms with E-state index in [0.29, 0.717) is 0 Å². The van der Waals surface area contributed by atoms with Gasteiger partial charge >= 0.3 is 46.7 Å². The van der Waals surface area contributed by atoms with Crippen LogP contribution in [-0.2, 0) is 0 Å². The van der Waals surface area contributed by atoms with Gasteiger partial charge in [-0.3, -0.25) is 0 Å². The van der Waals surface area contributed by atoms with Gasteiger partial charge in [0, 0.05) is 0 Å². The normalized spacial score (nSPS) is 5.25. The Morgan fingerprint density at radius 3 is 1.62 bits per heavy atom. The van der Waals surface area contributed by atoms with Crippen LogP contribution in [0.3, 0.4) is 0 Å². The Labute approximate surface area is 81.1 Å². The van der Waals surface area contributed by atoms with Gasteiger partial charge < -0.3 is 11.0 Å². The third-order valence-corrected chi connectivity index (χ3v) is 1.54. The van der Waals surface area contributed by atoms with Crippen molar-refractivity contribution in [1.82, 2.24) is 0 Å². The van der Waals surface area contributed by atoms with Gasteiger partial charge in [0.25, 0.3) is 0 Å². The van der Waals surface area contributed by atoms with E-state index in [-0.39, 0.29) is 34.9 Å². The van der Waals surface area contributed by atoms with Crippen LogP contribution < -0.4 is 0 Å². The van der Waals surface area contributed by atoms with E-state index >= 15 is 0 Å². The monoisotopic (exact) mass is 341 g/mol. The molecule has 0 aromatic carbocycles. The van der Waals surface area contributed by atoms with Crippen LogP contribution in [0.25, 0.3) is 0 Å². The molecule has 2 nitrogen and oxygen atoms in total. The topological polar surface area (TPSA) is 63.0 Å². The van der Waals surface area contributed by atoms with Gasteiger partial charge in [-0.05, 0) is 0 Å². The Morgan fingerprint density at radius 1 is 1.25 bits per heavy atom. The summed E-state index contributed by atoms with van der Waals surface area (Å²) in [5.41, 5.74) is 0. The largest absolute Gasteiger partial charge is 0.412 e. The number of hydrogen-bond donors (Lipinski definition) is 0. The first-order valence-electron chi connectivity index (χ1n) is 2.06. The van der Waals surface area contributed by atoms with E-state index in [1.165, 1.54) is 17.3 Å². The van der Waals surface area contributed by atoms with Crippen LogP contribution in [0.2, 0.25) is 4.44 Å². The van der Waals surface area contributed by atoms with Crippen molar-refractivity contribution in [3.05, 3.63) is 0 Å². The molecule has 4 N–H and O–H groups in total. The van der Waals surface area contributed by atoms with E-state index in [1.54, 1.807) is 22.5 Å². The quantitative estimate of drug-likeness (QED) is 0.514. The summed E-state index contributed by atoms with van der Waals surface area (Å²) in [5, 5.41) is 0. The van der Waals surface area contributed by atoms with Crippen LogP contribution in [0.15, 0.2) is 0 Å². The smallest absolute Gasteiger partial charge is 0.107 e. The second-order valence-electron chi connectivity index (χ2n) is 1.10. The first kappa shape index (κ1) is 22.7. The molecule has 4 heteroatoms. The van der Waals surface area contributed by atoms with Crippen molar-refractivity contribution in [3.8, 4) is 0 Å². The van der Waals surface area contributed by atoms with Crippen molar-refractivity contribution < 1.29 is 11.0 Å². The molecule has 0 saturated carbocycles. The zero-order chi connectivity index (χ0) is 4.12. The van der Waals surface area contributed by atoms with E-state index in [4.69, 9.17) is 0 Å². The number of halogens is 1. The molecule has 0 aliphatic rings. The molecule has 0 aliphatic carbocycles. The third-order valence-electron chi connectivity index (χ3n) is 0.530.